The smallest absolute Gasteiger partial charge is 0.254 e. The van der Waals surface area contributed by atoms with Crippen LogP contribution in [0, 0.1) is 5.92 Å². The molecule has 1 aliphatic heterocycles. The lowest BCUT2D eigenvalue weighted by Gasteiger charge is -2.34. The Labute approximate surface area is 178 Å². The molecule has 1 aliphatic carbocycles. The summed E-state index contributed by atoms with van der Waals surface area (Å²) in [4.78, 5) is 31.6. The molecule has 6 heteroatoms. The van der Waals surface area contributed by atoms with Crippen LogP contribution in [0.15, 0.2) is 46.3 Å². The standard InChI is InChI=1S/C22H25BrN2O2S/c1-24(13-18-12-17(23)14-28-18)22(27)20-11-16-9-5-6-10-19(16)25(20)21(26)15-7-3-2-4-8-15/h2-4,7-8,12,14,16,19-20H,5-6,9-11,13H2,1H3. The minimum Gasteiger partial charge on any atom is -0.339 e. The lowest BCUT2D eigenvalue weighted by molar-refractivity contribution is -0.134. The zero-order valence-electron chi connectivity index (χ0n) is 16.0. The monoisotopic (exact) mass is 460 g/mol. The van der Waals surface area contributed by atoms with Crippen LogP contribution in [0.25, 0.3) is 0 Å². The molecule has 1 saturated heterocycles. The first-order valence-corrected chi connectivity index (χ1v) is 11.6. The fraction of sp³-hybridized carbons (Fsp3) is 0.455. The van der Waals surface area contributed by atoms with Gasteiger partial charge in [-0.3, -0.25) is 9.59 Å². The van der Waals surface area contributed by atoms with Crippen molar-refractivity contribution < 1.29 is 9.59 Å². The van der Waals surface area contributed by atoms with E-state index in [9.17, 15) is 9.59 Å². The number of carbonyl (C=O) groups excluding carboxylic acids is 2. The van der Waals surface area contributed by atoms with Crippen LogP contribution < -0.4 is 0 Å². The Morgan fingerprint density at radius 1 is 1.21 bits per heavy atom. The first-order valence-electron chi connectivity index (χ1n) is 9.90. The molecule has 2 heterocycles. The van der Waals surface area contributed by atoms with Gasteiger partial charge < -0.3 is 9.80 Å². The number of likely N-dealkylation sites (N-methyl/N-ethyl adjacent to an activating group) is 1. The molecular weight excluding hydrogens is 436 g/mol. The zero-order chi connectivity index (χ0) is 19.7. The second-order valence-electron chi connectivity index (χ2n) is 7.87. The predicted octanol–water partition coefficient (Wildman–Crippen LogP) is 4.94. The number of carbonyl (C=O) groups is 2. The van der Waals surface area contributed by atoms with Crippen molar-refractivity contribution in [1.82, 2.24) is 9.80 Å². The molecule has 0 N–H and O–H groups in total. The molecule has 4 rings (SSSR count). The fourth-order valence-electron chi connectivity index (χ4n) is 4.71. The summed E-state index contributed by atoms with van der Waals surface area (Å²) in [6, 6.07) is 11.3. The highest BCUT2D eigenvalue weighted by molar-refractivity contribution is 9.10. The highest BCUT2D eigenvalue weighted by Crippen LogP contribution is 2.41. The Kier molecular flexibility index (Phi) is 5.88. The lowest BCUT2D eigenvalue weighted by Crippen LogP contribution is -2.49. The molecule has 2 amide bonds. The average Bonchev–Trinajstić information content (AvgIpc) is 3.30. The van der Waals surface area contributed by atoms with E-state index in [-0.39, 0.29) is 23.9 Å². The molecule has 28 heavy (non-hydrogen) atoms. The van der Waals surface area contributed by atoms with Crippen LogP contribution in [0.2, 0.25) is 0 Å². The molecule has 148 valence electrons. The van der Waals surface area contributed by atoms with Crippen molar-refractivity contribution in [3.8, 4) is 0 Å². The van der Waals surface area contributed by atoms with Gasteiger partial charge in [0.2, 0.25) is 5.91 Å². The van der Waals surface area contributed by atoms with Crippen LogP contribution in [0.3, 0.4) is 0 Å². The minimum absolute atomic E-state index is 0.000572. The van der Waals surface area contributed by atoms with Crippen molar-refractivity contribution in [3.05, 3.63) is 56.7 Å². The molecule has 2 aromatic rings. The highest BCUT2D eigenvalue weighted by atomic mass is 79.9. The Hall–Kier alpha value is -1.66. The van der Waals surface area contributed by atoms with E-state index in [0.29, 0.717) is 18.0 Å². The predicted molar refractivity (Wildman–Crippen MR) is 115 cm³/mol. The number of hydrogen-bond acceptors (Lipinski definition) is 3. The molecule has 2 fully saturated rings. The maximum absolute atomic E-state index is 13.4. The number of fused-ring (bicyclic) bond motifs is 1. The van der Waals surface area contributed by atoms with E-state index in [4.69, 9.17) is 0 Å². The molecule has 3 unspecified atom stereocenters. The number of likely N-dealkylation sites (tertiary alicyclic amines) is 1. The van der Waals surface area contributed by atoms with Crippen LogP contribution in [0.1, 0.15) is 47.3 Å². The third-order valence-corrected chi connectivity index (χ3v) is 7.70. The largest absolute Gasteiger partial charge is 0.339 e. The minimum atomic E-state index is -0.353. The summed E-state index contributed by atoms with van der Waals surface area (Å²) in [5, 5.41) is 2.03. The number of amides is 2. The van der Waals surface area contributed by atoms with Crippen molar-refractivity contribution in [2.45, 2.75) is 50.7 Å². The van der Waals surface area contributed by atoms with E-state index in [2.05, 4.69) is 22.0 Å². The number of nitrogens with zero attached hydrogens (tertiary/aromatic N) is 2. The zero-order valence-corrected chi connectivity index (χ0v) is 18.4. The molecule has 1 saturated carbocycles. The number of hydrogen-bond donors (Lipinski definition) is 0. The Bertz CT molecular complexity index is 853. The van der Waals surface area contributed by atoms with Crippen LogP contribution in [0.4, 0.5) is 0 Å². The Balaban J connectivity index is 1.57. The summed E-state index contributed by atoms with van der Waals surface area (Å²) in [6.45, 7) is 0.578. The Morgan fingerprint density at radius 2 is 1.96 bits per heavy atom. The summed E-state index contributed by atoms with van der Waals surface area (Å²) >= 11 is 5.12. The summed E-state index contributed by atoms with van der Waals surface area (Å²) in [6.07, 6.45) is 5.26. The van der Waals surface area contributed by atoms with E-state index >= 15 is 0 Å². The first-order chi connectivity index (χ1) is 13.5. The molecule has 2 aliphatic rings. The highest BCUT2D eigenvalue weighted by Gasteiger charge is 2.48. The third kappa shape index (κ3) is 3.90. The van der Waals surface area contributed by atoms with Gasteiger partial charge in [-0.1, -0.05) is 31.0 Å². The van der Waals surface area contributed by atoms with E-state index in [1.54, 1.807) is 16.2 Å². The van der Waals surface area contributed by atoms with Gasteiger partial charge in [-0.2, -0.15) is 0 Å². The van der Waals surface area contributed by atoms with Gasteiger partial charge in [0.25, 0.3) is 5.91 Å². The maximum Gasteiger partial charge on any atom is 0.254 e. The van der Waals surface area contributed by atoms with Gasteiger partial charge in [-0.05, 0) is 59.3 Å². The Morgan fingerprint density at radius 3 is 2.68 bits per heavy atom. The number of thiophene rings is 1. The van der Waals surface area contributed by atoms with Crippen LogP contribution in [0.5, 0.6) is 0 Å². The molecule has 1 aromatic heterocycles. The second kappa shape index (κ2) is 8.37. The normalized spacial score (nSPS) is 24.1. The van der Waals surface area contributed by atoms with Gasteiger partial charge in [0.05, 0.1) is 6.54 Å². The van der Waals surface area contributed by atoms with Crippen molar-refractivity contribution in [1.29, 1.82) is 0 Å². The molecule has 3 atom stereocenters. The second-order valence-corrected chi connectivity index (χ2v) is 9.78. The molecule has 1 aromatic carbocycles. The average molecular weight is 461 g/mol. The van der Waals surface area contributed by atoms with Crippen molar-refractivity contribution in [2.24, 2.45) is 5.92 Å². The van der Waals surface area contributed by atoms with E-state index in [1.165, 1.54) is 6.42 Å². The SMILES string of the molecule is CN(Cc1cc(Br)cs1)C(=O)C1CC2CCCCC2N1C(=O)c1ccccc1. The summed E-state index contributed by atoms with van der Waals surface area (Å²) < 4.78 is 1.04. The van der Waals surface area contributed by atoms with Crippen LogP contribution >= 0.6 is 27.3 Å². The topological polar surface area (TPSA) is 40.6 Å². The molecular formula is C22H25BrN2O2S. The van der Waals surface area contributed by atoms with Gasteiger partial charge in [-0.15, -0.1) is 11.3 Å². The third-order valence-electron chi connectivity index (χ3n) is 6.02. The molecule has 0 radical (unpaired) electrons. The summed E-state index contributed by atoms with van der Waals surface area (Å²) in [5.74, 6) is 0.503. The van der Waals surface area contributed by atoms with Crippen molar-refractivity contribution >= 4 is 39.1 Å². The first kappa shape index (κ1) is 19.6. The van der Waals surface area contributed by atoms with Gasteiger partial charge >= 0.3 is 0 Å². The number of benzene rings is 1. The molecule has 0 spiro atoms. The van der Waals surface area contributed by atoms with Crippen LogP contribution in [-0.2, 0) is 11.3 Å². The van der Waals surface area contributed by atoms with Gasteiger partial charge in [0.1, 0.15) is 6.04 Å². The fourth-order valence-corrected chi connectivity index (χ4v) is 6.21. The summed E-state index contributed by atoms with van der Waals surface area (Å²) in [7, 11) is 1.85. The van der Waals surface area contributed by atoms with E-state index < -0.39 is 0 Å². The van der Waals surface area contributed by atoms with Crippen LogP contribution in [-0.4, -0.2) is 40.7 Å². The molecule has 4 nitrogen and oxygen atoms in total. The van der Waals surface area contributed by atoms with Gasteiger partial charge in [-0.25, -0.2) is 0 Å². The van der Waals surface area contributed by atoms with Gasteiger partial charge in [0.15, 0.2) is 0 Å². The number of halogens is 1. The number of rotatable bonds is 4. The lowest BCUT2D eigenvalue weighted by atomic mass is 9.84. The quantitative estimate of drug-likeness (QED) is 0.647. The maximum atomic E-state index is 13.4. The van der Waals surface area contributed by atoms with E-state index in [1.807, 2.05) is 47.7 Å². The van der Waals surface area contributed by atoms with Crippen molar-refractivity contribution in [2.75, 3.05) is 7.05 Å². The van der Waals surface area contributed by atoms with E-state index in [0.717, 1.165) is 35.0 Å². The van der Waals surface area contributed by atoms with Crippen molar-refractivity contribution in [3.63, 3.8) is 0 Å². The molecule has 0 bridgehead atoms. The van der Waals surface area contributed by atoms with Gasteiger partial charge in [0, 0.05) is 33.4 Å². The summed E-state index contributed by atoms with van der Waals surface area (Å²) in [5.41, 5.74) is 0.677.